The molecule has 3 aromatic rings. The zero-order valence-corrected chi connectivity index (χ0v) is 14.3. The van der Waals surface area contributed by atoms with Crippen LogP contribution in [0, 0.1) is 5.82 Å². The number of aromatic nitrogens is 1. The molecular formula is C19H17ClFN3O. The maximum absolute atomic E-state index is 14.6. The van der Waals surface area contributed by atoms with E-state index in [1.54, 1.807) is 19.2 Å². The first kappa shape index (κ1) is 16.1. The molecule has 0 aliphatic carbocycles. The maximum Gasteiger partial charge on any atom is 0.237 e. The molecule has 0 spiro atoms. The monoisotopic (exact) mass is 357 g/mol. The van der Waals surface area contributed by atoms with Crippen molar-refractivity contribution in [1.82, 2.24) is 15.6 Å². The van der Waals surface area contributed by atoms with Gasteiger partial charge < -0.3 is 10.3 Å². The van der Waals surface area contributed by atoms with Crippen LogP contribution in [-0.2, 0) is 11.2 Å². The summed E-state index contributed by atoms with van der Waals surface area (Å²) in [5.74, 6) is -0.512. The van der Waals surface area contributed by atoms with E-state index in [4.69, 9.17) is 11.6 Å². The number of carbonyl (C=O) groups is 1. The lowest BCUT2D eigenvalue weighted by molar-refractivity contribution is -0.122. The fourth-order valence-corrected chi connectivity index (χ4v) is 3.72. The van der Waals surface area contributed by atoms with E-state index in [1.165, 1.54) is 6.07 Å². The van der Waals surface area contributed by atoms with E-state index in [-0.39, 0.29) is 5.91 Å². The standard InChI is InChI=1S/C19H17ClFN3O/c1-22-19(25)16-9-13-11-4-2-3-5-15(11)23-18(13)17(24-16)12-7-6-10(20)8-14(12)21/h2-8,16-17,23-24H,9H2,1H3,(H,22,25)/t16-,17+/m0/s1. The Kier molecular flexibility index (Phi) is 3.98. The summed E-state index contributed by atoms with van der Waals surface area (Å²) in [5.41, 5.74) is 3.38. The number of likely N-dealkylation sites (N-methyl/N-ethyl adjacent to an activating group) is 1. The number of para-hydroxylation sites is 1. The molecular weight excluding hydrogens is 341 g/mol. The number of fused-ring (bicyclic) bond motifs is 3. The van der Waals surface area contributed by atoms with E-state index >= 15 is 0 Å². The van der Waals surface area contributed by atoms with E-state index in [2.05, 4.69) is 15.6 Å². The van der Waals surface area contributed by atoms with Gasteiger partial charge in [-0.3, -0.25) is 10.1 Å². The van der Waals surface area contributed by atoms with Crippen molar-refractivity contribution in [1.29, 1.82) is 0 Å². The van der Waals surface area contributed by atoms with Crippen molar-refractivity contribution in [3.05, 3.63) is 70.1 Å². The number of carbonyl (C=O) groups excluding carboxylic acids is 1. The lowest BCUT2D eigenvalue weighted by Crippen LogP contribution is -2.49. The highest BCUT2D eigenvalue weighted by Crippen LogP contribution is 2.36. The van der Waals surface area contributed by atoms with Crippen LogP contribution in [0.2, 0.25) is 5.02 Å². The zero-order chi connectivity index (χ0) is 17.6. The Morgan fingerprint density at radius 2 is 2.08 bits per heavy atom. The number of hydrogen-bond donors (Lipinski definition) is 3. The smallest absolute Gasteiger partial charge is 0.237 e. The fourth-order valence-electron chi connectivity index (χ4n) is 3.56. The number of halogens is 2. The third-order valence-corrected chi connectivity index (χ3v) is 4.98. The molecule has 0 bridgehead atoms. The van der Waals surface area contributed by atoms with Crippen LogP contribution in [0.4, 0.5) is 4.39 Å². The van der Waals surface area contributed by atoms with Gasteiger partial charge in [-0.15, -0.1) is 0 Å². The minimum absolute atomic E-state index is 0.115. The number of amides is 1. The second-order valence-electron chi connectivity index (χ2n) is 6.20. The molecule has 3 N–H and O–H groups in total. The van der Waals surface area contributed by atoms with Crippen LogP contribution in [0.15, 0.2) is 42.5 Å². The van der Waals surface area contributed by atoms with E-state index < -0.39 is 17.9 Å². The molecule has 6 heteroatoms. The summed E-state index contributed by atoms with van der Waals surface area (Å²) >= 11 is 5.89. The van der Waals surface area contributed by atoms with Gasteiger partial charge in [0.25, 0.3) is 0 Å². The van der Waals surface area contributed by atoms with Gasteiger partial charge in [0.15, 0.2) is 0 Å². The molecule has 25 heavy (non-hydrogen) atoms. The van der Waals surface area contributed by atoms with Crippen LogP contribution in [0.3, 0.4) is 0 Å². The highest BCUT2D eigenvalue weighted by Gasteiger charge is 2.34. The van der Waals surface area contributed by atoms with Gasteiger partial charge >= 0.3 is 0 Å². The van der Waals surface area contributed by atoms with Gasteiger partial charge in [0, 0.05) is 34.2 Å². The molecule has 1 aliphatic heterocycles. The van der Waals surface area contributed by atoms with Crippen molar-refractivity contribution >= 4 is 28.4 Å². The van der Waals surface area contributed by atoms with Crippen LogP contribution < -0.4 is 10.6 Å². The van der Waals surface area contributed by atoms with Gasteiger partial charge in [-0.2, -0.15) is 0 Å². The molecule has 1 amide bonds. The predicted molar refractivity (Wildman–Crippen MR) is 96.2 cm³/mol. The Balaban J connectivity index is 1.90. The minimum Gasteiger partial charge on any atom is -0.358 e. The van der Waals surface area contributed by atoms with E-state index in [1.807, 2.05) is 24.3 Å². The molecule has 0 unspecified atom stereocenters. The second-order valence-corrected chi connectivity index (χ2v) is 6.64. The number of H-pyrrole nitrogens is 1. The topological polar surface area (TPSA) is 56.9 Å². The fraction of sp³-hybridized carbons (Fsp3) is 0.211. The Hall–Kier alpha value is -2.37. The summed E-state index contributed by atoms with van der Waals surface area (Å²) in [4.78, 5) is 15.6. The van der Waals surface area contributed by atoms with Crippen molar-refractivity contribution in [2.75, 3.05) is 7.05 Å². The zero-order valence-electron chi connectivity index (χ0n) is 13.6. The molecule has 1 aromatic heterocycles. The first-order valence-corrected chi connectivity index (χ1v) is 8.48. The van der Waals surface area contributed by atoms with Crippen molar-refractivity contribution in [3.63, 3.8) is 0 Å². The van der Waals surface area contributed by atoms with E-state index in [0.29, 0.717) is 17.0 Å². The van der Waals surface area contributed by atoms with Crippen LogP contribution in [0.5, 0.6) is 0 Å². The predicted octanol–water partition coefficient (Wildman–Crippen LogP) is 3.31. The number of aromatic amines is 1. The van der Waals surface area contributed by atoms with Gasteiger partial charge in [-0.1, -0.05) is 35.9 Å². The maximum atomic E-state index is 14.6. The third-order valence-electron chi connectivity index (χ3n) is 4.75. The Morgan fingerprint density at radius 1 is 1.28 bits per heavy atom. The van der Waals surface area contributed by atoms with Gasteiger partial charge in [-0.25, -0.2) is 4.39 Å². The summed E-state index contributed by atoms with van der Waals surface area (Å²) < 4.78 is 14.6. The van der Waals surface area contributed by atoms with Crippen molar-refractivity contribution < 1.29 is 9.18 Å². The average Bonchev–Trinajstić information content (AvgIpc) is 2.99. The summed E-state index contributed by atoms with van der Waals surface area (Å²) in [6.07, 6.45) is 0.546. The quantitative estimate of drug-likeness (QED) is 0.659. The van der Waals surface area contributed by atoms with Gasteiger partial charge in [0.2, 0.25) is 5.91 Å². The first-order valence-electron chi connectivity index (χ1n) is 8.10. The van der Waals surface area contributed by atoms with Gasteiger partial charge in [0.1, 0.15) is 5.82 Å². The summed E-state index contributed by atoms with van der Waals surface area (Å²) in [6.45, 7) is 0. The summed E-state index contributed by atoms with van der Waals surface area (Å²) in [7, 11) is 1.60. The first-order chi connectivity index (χ1) is 12.1. The van der Waals surface area contributed by atoms with E-state index in [0.717, 1.165) is 22.2 Å². The normalized spacial score (nSPS) is 19.6. The molecule has 0 radical (unpaired) electrons. The largest absolute Gasteiger partial charge is 0.358 e. The molecule has 0 saturated heterocycles. The SMILES string of the molecule is CNC(=O)[C@@H]1Cc2c([nH]c3ccccc23)[C@@H](c2ccc(Cl)cc2F)N1. The van der Waals surface area contributed by atoms with Crippen molar-refractivity contribution in [2.45, 2.75) is 18.5 Å². The number of nitrogens with one attached hydrogen (secondary N) is 3. The van der Waals surface area contributed by atoms with Crippen molar-refractivity contribution in [3.8, 4) is 0 Å². The molecule has 1 aliphatic rings. The van der Waals surface area contributed by atoms with Crippen LogP contribution in [0.25, 0.3) is 10.9 Å². The molecule has 0 saturated carbocycles. The average molecular weight is 358 g/mol. The van der Waals surface area contributed by atoms with Crippen molar-refractivity contribution in [2.24, 2.45) is 0 Å². The number of benzene rings is 2. The van der Waals surface area contributed by atoms with Gasteiger partial charge in [0.05, 0.1) is 12.1 Å². The number of hydrogen-bond acceptors (Lipinski definition) is 2. The lowest BCUT2D eigenvalue weighted by Gasteiger charge is -2.31. The Labute approximate surface area is 149 Å². The molecule has 2 atom stereocenters. The Morgan fingerprint density at radius 3 is 2.84 bits per heavy atom. The van der Waals surface area contributed by atoms with Crippen LogP contribution >= 0.6 is 11.6 Å². The Bertz CT molecular complexity index is 968. The van der Waals surface area contributed by atoms with Gasteiger partial charge in [-0.05, 0) is 30.2 Å². The van der Waals surface area contributed by atoms with Crippen LogP contribution in [-0.4, -0.2) is 24.0 Å². The van der Waals surface area contributed by atoms with Crippen LogP contribution in [0.1, 0.15) is 22.9 Å². The van der Waals surface area contributed by atoms with E-state index in [9.17, 15) is 9.18 Å². The molecule has 2 aromatic carbocycles. The minimum atomic E-state index is -0.448. The summed E-state index contributed by atoms with van der Waals surface area (Å²) in [6, 6.07) is 11.7. The lowest BCUT2D eigenvalue weighted by atomic mass is 9.90. The molecule has 2 heterocycles. The summed E-state index contributed by atoms with van der Waals surface area (Å²) in [5, 5.41) is 7.35. The highest BCUT2D eigenvalue weighted by atomic mass is 35.5. The molecule has 4 nitrogen and oxygen atoms in total. The third kappa shape index (κ3) is 2.69. The second kappa shape index (κ2) is 6.17. The molecule has 0 fully saturated rings. The number of rotatable bonds is 2. The molecule has 128 valence electrons. The highest BCUT2D eigenvalue weighted by molar-refractivity contribution is 6.30. The molecule has 4 rings (SSSR count).